The molecule has 2 saturated carbocycles. The zero-order chi connectivity index (χ0) is 19.8. The van der Waals surface area contributed by atoms with E-state index in [1.807, 2.05) is 12.1 Å². The van der Waals surface area contributed by atoms with Crippen LogP contribution in [0.4, 0.5) is 4.39 Å². The molecule has 1 heterocycles. The maximum absolute atomic E-state index is 13.8. The molecule has 1 aromatic heterocycles. The summed E-state index contributed by atoms with van der Waals surface area (Å²) in [7, 11) is 0. The number of halogens is 1. The van der Waals surface area contributed by atoms with Gasteiger partial charge in [0.05, 0.1) is 11.6 Å². The molecule has 0 bridgehead atoms. The van der Waals surface area contributed by atoms with E-state index < -0.39 is 5.82 Å². The summed E-state index contributed by atoms with van der Waals surface area (Å²) in [4.78, 5) is 4.57. The molecule has 2 aliphatic rings. The zero-order valence-corrected chi connectivity index (χ0v) is 15.9. The molecule has 0 aliphatic heterocycles. The van der Waals surface area contributed by atoms with Crippen LogP contribution in [0.25, 0.3) is 11.5 Å². The summed E-state index contributed by atoms with van der Waals surface area (Å²) in [6.45, 7) is 0.812. The Labute approximate surface area is 168 Å². The number of rotatable bonds is 6. The first-order valence-corrected chi connectivity index (χ1v) is 10.0. The maximum Gasteiger partial charge on any atom is 0.258 e. The quantitative estimate of drug-likeness (QED) is 0.681. The monoisotopic (exact) mass is 388 g/mol. The molecule has 0 unspecified atom stereocenters. The second-order valence-corrected chi connectivity index (χ2v) is 8.14. The number of hydrogen-bond acceptors (Lipinski definition) is 5. The Hall–Kier alpha value is -3.04. The molecule has 0 amide bonds. The number of hydrogen-bond donors (Lipinski definition) is 1. The van der Waals surface area contributed by atoms with E-state index in [4.69, 9.17) is 9.78 Å². The van der Waals surface area contributed by atoms with Crippen LogP contribution in [-0.2, 0) is 5.41 Å². The molecule has 6 heteroatoms. The first-order chi connectivity index (χ1) is 14.2. The van der Waals surface area contributed by atoms with E-state index >= 15 is 0 Å². The van der Waals surface area contributed by atoms with E-state index in [2.05, 4.69) is 39.7 Å². The van der Waals surface area contributed by atoms with Gasteiger partial charge in [-0.3, -0.25) is 0 Å². The largest absolute Gasteiger partial charge is 0.334 e. The van der Waals surface area contributed by atoms with Crippen molar-refractivity contribution in [3.05, 3.63) is 71.3 Å². The van der Waals surface area contributed by atoms with Crippen LogP contribution in [0.3, 0.4) is 0 Å². The molecule has 2 aliphatic carbocycles. The van der Waals surface area contributed by atoms with Gasteiger partial charge in [-0.05, 0) is 43.0 Å². The van der Waals surface area contributed by atoms with Crippen LogP contribution in [0.15, 0.2) is 53.1 Å². The van der Waals surface area contributed by atoms with Gasteiger partial charge < -0.3 is 9.84 Å². The second-order valence-electron chi connectivity index (χ2n) is 8.14. The fourth-order valence-electron chi connectivity index (χ4n) is 4.23. The second kappa shape index (κ2) is 7.09. The predicted octanol–water partition coefficient (Wildman–Crippen LogP) is 4.31. The van der Waals surface area contributed by atoms with E-state index in [-0.39, 0.29) is 16.9 Å². The van der Waals surface area contributed by atoms with Crippen molar-refractivity contribution < 1.29 is 8.91 Å². The highest BCUT2D eigenvalue weighted by atomic mass is 19.1. The fraction of sp³-hybridized carbons (Fsp3) is 0.348. The third kappa shape index (κ3) is 3.43. The van der Waals surface area contributed by atoms with E-state index in [1.54, 1.807) is 6.07 Å². The van der Waals surface area contributed by atoms with Gasteiger partial charge in [0.1, 0.15) is 5.82 Å². The Morgan fingerprint density at radius 3 is 2.76 bits per heavy atom. The minimum absolute atomic E-state index is 0.128. The van der Waals surface area contributed by atoms with Crippen molar-refractivity contribution in [1.29, 1.82) is 5.26 Å². The lowest BCUT2D eigenvalue weighted by Gasteiger charge is -2.39. The highest BCUT2D eigenvalue weighted by molar-refractivity contribution is 5.56. The third-order valence-corrected chi connectivity index (χ3v) is 6.21. The molecule has 5 rings (SSSR count). The summed E-state index contributed by atoms with van der Waals surface area (Å²) in [5, 5.41) is 17.0. The molecule has 1 N–H and O–H groups in total. The molecule has 2 fully saturated rings. The first-order valence-electron chi connectivity index (χ1n) is 10.0. The van der Waals surface area contributed by atoms with Crippen molar-refractivity contribution >= 4 is 0 Å². The summed E-state index contributed by atoms with van der Waals surface area (Å²) in [5.74, 6) is 1.02. The molecule has 5 nitrogen and oxygen atoms in total. The van der Waals surface area contributed by atoms with Crippen molar-refractivity contribution in [2.45, 2.75) is 43.1 Å². The van der Waals surface area contributed by atoms with Gasteiger partial charge in [-0.2, -0.15) is 10.2 Å². The molecule has 0 radical (unpaired) electrons. The molecule has 0 spiro atoms. The van der Waals surface area contributed by atoms with Gasteiger partial charge in [0, 0.05) is 29.5 Å². The SMILES string of the molecule is N#Cc1cc(F)cc(-c2nc(C3(CN[C@H]4C[C@@H]4c4ccccc4)CCC3)no2)c1. The van der Waals surface area contributed by atoms with E-state index in [0.717, 1.165) is 32.2 Å². The van der Waals surface area contributed by atoms with Crippen LogP contribution in [0, 0.1) is 17.1 Å². The maximum atomic E-state index is 13.8. The standard InChI is InChI=1S/C23H21FN4O/c24-18-10-15(13-25)9-17(11-18)21-27-22(28-29-21)23(7-4-8-23)14-26-20-12-19(20)16-5-2-1-3-6-16/h1-3,5-6,9-11,19-20,26H,4,7-8,12,14H2/t19-,20+/m1/s1. The summed E-state index contributed by atoms with van der Waals surface area (Å²) in [6.07, 6.45) is 4.30. The van der Waals surface area contributed by atoms with Gasteiger partial charge in [-0.1, -0.05) is 41.9 Å². The van der Waals surface area contributed by atoms with Gasteiger partial charge in [-0.15, -0.1) is 0 Å². The lowest BCUT2D eigenvalue weighted by atomic mass is 9.68. The molecule has 2 atom stereocenters. The third-order valence-electron chi connectivity index (χ3n) is 6.21. The highest BCUT2D eigenvalue weighted by Gasteiger charge is 2.46. The molecule has 2 aromatic carbocycles. The molecular formula is C23H21FN4O. The van der Waals surface area contributed by atoms with Crippen molar-refractivity contribution in [2.24, 2.45) is 0 Å². The van der Waals surface area contributed by atoms with Crippen molar-refractivity contribution in [2.75, 3.05) is 6.54 Å². The van der Waals surface area contributed by atoms with E-state index in [1.165, 1.54) is 17.7 Å². The van der Waals surface area contributed by atoms with Crippen molar-refractivity contribution in [1.82, 2.24) is 15.5 Å². The molecule has 29 heavy (non-hydrogen) atoms. The van der Waals surface area contributed by atoms with Gasteiger partial charge >= 0.3 is 0 Å². The van der Waals surface area contributed by atoms with Crippen LogP contribution in [-0.4, -0.2) is 22.7 Å². The van der Waals surface area contributed by atoms with Gasteiger partial charge in [0.15, 0.2) is 5.82 Å². The van der Waals surface area contributed by atoms with Crippen LogP contribution in [0.1, 0.15) is 48.6 Å². The Kier molecular flexibility index (Phi) is 4.40. The first kappa shape index (κ1) is 18.0. The Bertz CT molecular complexity index is 1070. The Balaban J connectivity index is 1.30. The molecular weight excluding hydrogens is 367 g/mol. The number of nitriles is 1. The summed E-state index contributed by atoms with van der Waals surface area (Å²) >= 11 is 0. The van der Waals surface area contributed by atoms with Crippen LogP contribution in [0.5, 0.6) is 0 Å². The Morgan fingerprint density at radius 1 is 1.21 bits per heavy atom. The number of aromatic nitrogens is 2. The molecule has 0 saturated heterocycles. The van der Waals surface area contributed by atoms with Crippen LogP contribution >= 0.6 is 0 Å². The van der Waals surface area contributed by atoms with Crippen molar-refractivity contribution in [3.8, 4) is 17.5 Å². The minimum Gasteiger partial charge on any atom is -0.334 e. The summed E-state index contributed by atoms with van der Waals surface area (Å²) in [6, 6.07) is 17.1. The minimum atomic E-state index is -0.487. The van der Waals surface area contributed by atoms with E-state index in [0.29, 0.717) is 23.3 Å². The number of nitrogens with zero attached hydrogens (tertiary/aromatic N) is 3. The summed E-state index contributed by atoms with van der Waals surface area (Å²) < 4.78 is 19.2. The van der Waals surface area contributed by atoms with Gasteiger partial charge in [-0.25, -0.2) is 4.39 Å². The lowest BCUT2D eigenvalue weighted by Crippen LogP contribution is -2.45. The average molecular weight is 388 g/mol. The van der Waals surface area contributed by atoms with E-state index in [9.17, 15) is 4.39 Å². The predicted molar refractivity (Wildman–Crippen MR) is 106 cm³/mol. The van der Waals surface area contributed by atoms with Gasteiger partial charge in [0.2, 0.25) is 0 Å². The smallest absolute Gasteiger partial charge is 0.258 e. The zero-order valence-electron chi connectivity index (χ0n) is 15.9. The van der Waals surface area contributed by atoms with Crippen molar-refractivity contribution in [3.63, 3.8) is 0 Å². The molecule has 3 aromatic rings. The number of nitrogens with one attached hydrogen (secondary N) is 1. The fourth-order valence-corrected chi connectivity index (χ4v) is 4.23. The topological polar surface area (TPSA) is 74.7 Å². The number of benzene rings is 2. The average Bonchev–Trinajstić information content (AvgIpc) is 3.32. The highest BCUT2D eigenvalue weighted by Crippen LogP contribution is 2.45. The normalized spacial score (nSPS) is 21.9. The van der Waals surface area contributed by atoms with Crippen LogP contribution < -0.4 is 5.32 Å². The lowest BCUT2D eigenvalue weighted by molar-refractivity contribution is 0.211. The summed E-state index contributed by atoms with van der Waals surface area (Å²) in [5.41, 5.74) is 1.93. The Morgan fingerprint density at radius 2 is 2.03 bits per heavy atom. The van der Waals surface area contributed by atoms with Gasteiger partial charge in [0.25, 0.3) is 5.89 Å². The molecule has 146 valence electrons. The van der Waals surface area contributed by atoms with Crippen LogP contribution in [0.2, 0.25) is 0 Å².